The number of hydrogen-bond acceptors (Lipinski definition) is 4. The van der Waals surface area contributed by atoms with Gasteiger partial charge in [-0.3, -0.25) is 10.1 Å². The summed E-state index contributed by atoms with van der Waals surface area (Å²) in [7, 11) is 0. The maximum atomic E-state index is 12.3. The summed E-state index contributed by atoms with van der Waals surface area (Å²) in [6.45, 7) is 2.65. The van der Waals surface area contributed by atoms with Gasteiger partial charge in [0.1, 0.15) is 5.69 Å². The van der Waals surface area contributed by atoms with E-state index in [4.69, 9.17) is 11.6 Å². The number of benzene rings is 1. The minimum atomic E-state index is -0.206. The Morgan fingerprint density at radius 2 is 2.17 bits per heavy atom. The number of halogens is 1. The number of nitrogens with zero attached hydrogens (tertiary/aromatic N) is 3. The summed E-state index contributed by atoms with van der Waals surface area (Å²) in [5, 5.41) is 4.12. The molecule has 2 heterocycles. The number of anilines is 1. The highest BCUT2D eigenvalue weighted by molar-refractivity contribution is 7.15. The van der Waals surface area contributed by atoms with Crippen molar-refractivity contribution in [2.24, 2.45) is 0 Å². The smallest absolute Gasteiger partial charge is 0.275 e. The van der Waals surface area contributed by atoms with Crippen LogP contribution in [0.25, 0.3) is 0 Å². The molecule has 1 amide bonds. The summed E-state index contributed by atoms with van der Waals surface area (Å²) in [5.74, 6) is -0.206. The number of hydrogen-bond donors (Lipinski definition) is 1. The van der Waals surface area contributed by atoms with Gasteiger partial charge in [0.25, 0.3) is 5.91 Å². The van der Waals surface area contributed by atoms with Crippen LogP contribution in [0.1, 0.15) is 27.9 Å². The molecular formula is C16H15ClN4OS. The lowest BCUT2D eigenvalue weighted by Gasteiger charge is -2.04. The maximum absolute atomic E-state index is 12.3. The Morgan fingerprint density at radius 3 is 2.96 bits per heavy atom. The molecule has 7 heteroatoms. The molecule has 0 aliphatic heterocycles. The molecule has 5 nitrogen and oxygen atoms in total. The number of carbonyl (C=O) groups excluding carboxylic acids is 1. The van der Waals surface area contributed by atoms with Crippen LogP contribution in [0.5, 0.6) is 0 Å². The molecule has 1 N–H and O–H groups in total. The van der Waals surface area contributed by atoms with Gasteiger partial charge in [-0.15, -0.1) is 11.3 Å². The van der Waals surface area contributed by atoms with Crippen LogP contribution in [-0.4, -0.2) is 20.4 Å². The molecule has 0 unspecified atom stereocenters. The lowest BCUT2D eigenvalue weighted by molar-refractivity contribution is 0.101. The van der Waals surface area contributed by atoms with E-state index in [1.165, 1.54) is 11.3 Å². The summed E-state index contributed by atoms with van der Waals surface area (Å²) in [4.78, 5) is 21.5. The fourth-order valence-electron chi connectivity index (χ4n) is 2.20. The van der Waals surface area contributed by atoms with Crippen LogP contribution in [0, 0.1) is 0 Å². The predicted molar refractivity (Wildman–Crippen MR) is 92.2 cm³/mol. The summed E-state index contributed by atoms with van der Waals surface area (Å²) >= 11 is 7.62. The number of rotatable bonds is 5. The van der Waals surface area contributed by atoms with Gasteiger partial charge < -0.3 is 4.57 Å². The first-order chi connectivity index (χ1) is 11.2. The molecule has 3 rings (SSSR count). The summed E-state index contributed by atoms with van der Waals surface area (Å²) in [6, 6.07) is 7.71. The number of nitrogens with one attached hydrogen (secondary N) is 1. The Balaban J connectivity index is 1.70. The lowest BCUT2D eigenvalue weighted by Crippen LogP contribution is -2.16. The second-order valence-electron chi connectivity index (χ2n) is 4.92. The van der Waals surface area contributed by atoms with Gasteiger partial charge in [-0.25, -0.2) is 9.97 Å². The van der Waals surface area contributed by atoms with E-state index in [1.54, 1.807) is 23.3 Å². The maximum Gasteiger partial charge on any atom is 0.275 e. The number of aromatic nitrogens is 3. The van der Waals surface area contributed by atoms with Crippen LogP contribution >= 0.6 is 22.9 Å². The molecule has 0 aliphatic carbocycles. The molecule has 3 aromatic rings. The number of imidazole rings is 1. The molecule has 0 aliphatic rings. The first-order valence-corrected chi connectivity index (χ1v) is 8.36. The Labute approximate surface area is 143 Å². The Hall–Kier alpha value is -2.18. The fourth-order valence-corrected chi connectivity index (χ4v) is 3.23. The highest BCUT2D eigenvalue weighted by atomic mass is 35.5. The van der Waals surface area contributed by atoms with Crippen molar-refractivity contribution in [2.45, 2.75) is 19.9 Å². The molecule has 0 atom stereocenters. The quantitative estimate of drug-likeness (QED) is 0.763. The van der Waals surface area contributed by atoms with Crippen molar-refractivity contribution in [1.82, 2.24) is 14.5 Å². The van der Waals surface area contributed by atoms with Crippen molar-refractivity contribution in [2.75, 3.05) is 5.32 Å². The van der Waals surface area contributed by atoms with E-state index in [9.17, 15) is 4.79 Å². The molecule has 2 aromatic heterocycles. The highest BCUT2D eigenvalue weighted by Gasteiger charge is 2.13. The third-order valence-electron chi connectivity index (χ3n) is 3.38. The van der Waals surface area contributed by atoms with Gasteiger partial charge in [0.2, 0.25) is 0 Å². The Morgan fingerprint density at radius 1 is 1.35 bits per heavy atom. The molecule has 0 fully saturated rings. The van der Waals surface area contributed by atoms with Gasteiger partial charge in [-0.1, -0.05) is 29.8 Å². The van der Waals surface area contributed by atoms with Crippen molar-refractivity contribution in [1.29, 1.82) is 0 Å². The average molecular weight is 347 g/mol. The van der Waals surface area contributed by atoms with E-state index in [0.29, 0.717) is 23.8 Å². The van der Waals surface area contributed by atoms with E-state index in [-0.39, 0.29) is 5.91 Å². The van der Waals surface area contributed by atoms with Crippen molar-refractivity contribution in [3.05, 3.63) is 64.1 Å². The van der Waals surface area contributed by atoms with Gasteiger partial charge in [0, 0.05) is 29.1 Å². The molecule has 1 aromatic carbocycles. The minimum Gasteiger partial charge on any atom is -0.327 e. The topological polar surface area (TPSA) is 59.8 Å². The fraction of sp³-hybridized carbons (Fsp3) is 0.188. The SMILES string of the molecule is CCn1cncc1C(=O)Nc1ncc(Cc2ccccc2Cl)s1. The zero-order chi connectivity index (χ0) is 16.2. The van der Waals surface area contributed by atoms with Gasteiger partial charge in [0.15, 0.2) is 5.13 Å². The average Bonchev–Trinajstić information content (AvgIpc) is 3.18. The first kappa shape index (κ1) is 15.7. The van der Waals surface area contributed by atoms with Crippen LogP contribution in [0.3, 0.4) is 0 Å². The summed E-state index contributed by atoms with van der Waals surface area (Å²) in [6.07, 6.45) is 5.65. The molecule has 0 bridgehead atoms. The molecule has 0 saturated carbocycles. The molecule has 0 spiro atoms. The third-order valence-corrected chi connectivity index (χ3v) is 4.66. The van der Waals surface area contributed by atoms with Crippen molar-refractivity contribution >= 4 is 34.0 Å². The molecule has 0 radical (unpaired) electrons. The summed E-state index contributed by atoms with van der Waals surface area (Å²) < 4.78 is 1.79. The van der Waals surface area contributed by atoms with Gasteiger partial charge in [-0.05, 0) is 18.6 Å². The third kappa shape index (κ3) is 3.60. The standard InChI is InChI=1S/C16H15ClN4OS/c1-2-21-10-18-9-14(21)15(22)20-16-19-8-12(23-16)7-11-5-3-4-6-13(11)17/h3-6,8-10H,2,7H2,1H3,(H,19,20,22). The van der Waals surface area contributed by atoms with Crippen LogP contribution in [0.4, 0.5) is 5.13 Å². The molecule has 23 heavy (non-hydrogen) atoms. The second kappa shape index (κ2) is 6.93. The van der Waals surface area contributed by atoms with Crippen LogP contribution < -0.4 is 5.32 Å². The van der Waals surface area contributed by atoms with E-state index < -0.39 is 0 Å². The van der Waals surface area contributed by atoms with Gasteiger partial charge >= 0.3 is 0 Å². The van der Waals surface area contributed by atoms with E-state index >= 15 is 0 Å². The Bertz CT molecular complexity index is 827. The van der Waals surface area contributed by atoms with Gasteiger partial charge in [-0.2, -0.15) is 0 Å². The zero-order valence-electron chi connectivity index (χ0n) is 12.5. The zero-order valence-corrected chi connectivity index (χ0v) is 14.1. The molecule has 0 saturated heterocycles. The largest absolute Gasteiger partial charge is 0.327 e. The second-order valence-corrected chi connectivity index (χ2v) is 6.44. The van der Waals surface area contributed by atoms with Gasteiger partial charge in [0.05, 0.1) is 12.5 Å². The highest BCUT2D eigenvalue weighted by Crippen LogP contribution is 2.24. The number of thiazole rings is 1. The monoisotopic (exact) mass is 346 g/mol. The minimum absolute atomic E-state index is 0.206. The Kier molecular flexibility index (Phi) is 4.73. The van der Waals surface area contributed by atoms with Crippen LogP contribution in [-0.2, 0) is 13.0 Å². The normalized spacial score (nSPS) is 10.7. The molecular weight excluding hydrogens is 332 g/mol. The van der Waals surface area contributed by atoms with Crippen molar-refractivity contribution < 1.29 is 4.79 Å². The summed E-state index contributed by atoms with van der Waals surface area (Å²) in [5.41, 5.74) is 1.56. The van der Waals surface area contributed by atoms with Crippen molar-refractivity contribution in [3.8, 4) is 0 Å². The van der Waals surface area contributed by atoms with E-state index in [2.05, 4.69) is 15.3 Å². The first-order valence-electron chi connectivity index (χ1n) is 7.17. The lowest BCUT2D eigenvalue weighted by atomic mass is 10.1. The van der Waals surface area contributed by atoms with Crippen molar-refractivity contribution in [3.63, 3.8) is 0 Å². The van der Waals surface area contributed by atoms with Crippen LogP contribution in [0.2, 0.25) is 5.02 Å². The predicted octanol–water partition coefficient (Wildman–Crippen LogP) is 3.86. The number of aryl methyl sites for hydroxylation is 1. The van der Waals surface area contributed by atoms with E-state index in [0.717, 1.165) is 15.5 Å². The number of amides is 1. The number of carbonyl (C=O) groups is 1. The molecule has 118 valence electrons. The van der Waals surface area contributed by atoms with Crippen LogP contribution in [0.15, 0.2) is 43.0 Å². The van der Waals surface area contributed by atoms with E-state index in [1.807, 2.05) is 31.2 Å².